The van der Waals surface area contributed by atoms with Gasteiger partial charge in [-0.15, -0.1) is 0 Å². The summed E-state index contributed by atoms with van der Waals surface area (Å²) in [5, 5.41) is 33.1. The van der Waals surface area contributed by atoms with Crippen LogP contribution in [0.15, 0.2) is 36.5 Å². The number of hydrogen-bond acceptors (Lipinski definition) is 4. The van der Waals surface area contributed by atoms with E-state index >= 15 is 0 Å². The Bertz CT molecular complexity index is 809. The number of carbonyl (C=O) groups excluding carboxylic acids is 1. The Morgan fingerprint density at radius 1 is 0.462 bits per heavy atom. The molecule has 0 aliphatic rings. The van der Waals surface area contributed by atoms with E-state index in [4.69, 9.17) is 0 Å². The molecular formula is C47H89NO4. The molecule has 0 aliphatic heterocycles. The molecule has 0 spiro atoms. The predicted molar refractivity (Wildman–Crippen MR) is 227 cm³/mol. The summed E-state index contributed by atoms with van der Waals surface area (Å²) in [6, 6.07) is -0.816. The third-order valence-corrected chi connectivity index (χ3v) is 10.5. The molecule has 0 aromatic rings. The smallest absolute Gasteiger partial charge is 0.249 e. The van der Waals surface area contributed by atoms with Gasteiger partial charge in [0.1, 0.15) is 6.10 Å². The highest BCUT2D eigenvalue weighted by Gasteiger charge is 2.22. The number of carbonyl (C=O) groups is 1. The van der Waals surface area contributed by atoms with Crippen LogP contribution >= 0.6 is 0 Å². The number of unbranched alkanes of at least 4 members (excludes halogenated alkanes) is 29. The summed E-state index contributed by atoms with van der Waals surface area (Å²) >= 11 is 0. The average Bonchev–Trinajstić information content (AvgIpc) is 3.15. The minimum Gasteiger partial charge on any atom is -0.394 e. The fraction of sp³-hybridized carbons (Fsp3) is 0.851. The van der Waals surface area contributed by atoms with Gasteiger partial charge in [-0.3, -0.25) is 4.79 Å². The Morgan fingerprint density at radius 3 is 1.17 bits per heavy atom. The van der Waals surface area contributed by atoms with Gasteiger partial charge in [0.15, 0.2) is 0 Å². The van der Waals surface area contributed by atoms with E-state index in [1.54, 1.807) is 6.08 Å². The SMILES string of the molecule is CCCCCCCCCCC/C=C\CCCCCCCCC(O)C(=O)NC(CO)C(O)/C=C/CC/C=C/CCCCCCCCCCCCCCC. The lowest BCUT2D eigenvalue weighted by Gasteiger charge is -2.21. The molecule has 3 unspecified atom stereocenters. The monoisotopic (exact) mass is 732 g/mol. The van der Waals surface area contributed by atoms with E-state index in [1.165, 1.54) is 173 Å². The van der Waals surface area contributed by atoms with E-state index in [0.29, 0.717) is 6.42 Å². The van der Waals surface area contributed by atoms with Gasteiger partial charge in [0.25, 0.3) is 0 Å². The number of amides is 1. The van der Waals surface area contributed by atoms with E-state index in [2.05, 4.69) is 43.5 Å². The van der Waals surface area contributed by atoms with E-state index in [-0.39, 0.29) is 6.61 Å². The number of nitrogens with one attached hydrogen (secondary N) is 1. The molecule has 0 aliphatic carbocycles. The van der Waals surface area contributed by atoms with E-state index in [0.717, 1.165) is 38.5 Å². The Balaban J connectivity index is 3.71. The fourth-order valence-electron chi connectivity index (χ4n) is 6.84. The zero-order chi connectivity index (χ0) is 38.0. The van der Waals surface area contributed by atoms with Crippen molar-refractivity contribution < 1.29 is 20.1 Å². The maximum atomic E-state index is 12.5. The normalized spacial score (nSPS) is 13.9. The fourth-order valence-corrected chi connectivity index (χ4v) is 6.84. The second-order valence-corrected chi connectivity index (χ2v) is 15.6. The van der Waals surface area contributed by atoms with Crippen LogP contribution in [0.3, 0.4) is 0 Å². The first-order valence-electron chi connectivity index (χ1n) is 22.8. The Morgan fingerprint density at radius 2 is 0.788 bits per heavy atom. The van der Waals surface area contributed by atoms with Gasteiger partial charge < -0.3 is 20.6 Å². The van der Waals surface area contributed by atoms with Crippen LogP contribution in [0, 0.1) is 0 Å². The molecule has 52 heavy (non-hydrogen) atoms. The molecule has 5 nitrogen and oxygen atoms in total. The molecule has 0 heterocycles. The number of rotatable bonds is 41. The second-order valence-electron chi connectivity index (χ2n) is 15.6. The van der Waals surface area contributed by atoms with Gasteiger partial charge in [-0.05, 0) is 57.8 Å². The summed E-state index contributed by atoms with van der Waals surface area (Å²) in [5.74, 6) is -0.517. The predicted octanol–water partition coefficient (Wildman–Crippen LogP) is 13.2. The maximum Gasteiger partial charge on any atom is 0.249 e. The minimum absolute atomic E-state index is 0.378. The minimum atomic E-state index is -1.11. The largest absolute Gasteiger partial charge is 0.394 e. The van der Waals surface area contributed by atoms with Crippen LogP contribution in [0.4, 0.5) is 0 Å². The molecule has 0 saturated heterocycles. The molecule has 306 valence electrons. The summed E-state index contributed by atoms with van der Waals surface area (Å²) in [4.78, 5) is 12.5. The summed E-state index contributed by atoms with van der Waals surface area (Å²) in [6.45, 7) is 4.18. The molecule has 0 radical (unpaired) electrons. The molecule has 5 heteroatoms. The lowest BCUT2D eigenvalue weighted by atomic mass is 10.0. The van der Waals surface area contributed by atoms with Crippen LogP contribution in [-0.4, -0.2) is 46.1 Å². The van der Waals surface area contributed by atoms with Crippen LogP contribution in [0.2, 0.25) is 0 Å². The van der Waals surface area contributed by atoms with E-state index in [9.17, 15) is 20.1 Å². The zero-order valence-corrected chi connectivity index (χ0v) is 34.7. The van der Waals surface area contributed by atoms with Crippen LogP contribution < -0.4 is 5.32 Å². The summed E-state index contributed by atoms with van der Waals surface area (Å²) in [7, 11) is 0. The first-order valence-corrected chi connectivity index (χ1v) is 22.8. The van der Waals surface area contributed by atoms with Crippen molar-refractivity contribution in [1.82, 2.24) is 5.32 Å². The molecule has 0 fully saturated rings. The van der Waals surface area contributed by atoms with Gasteiger partial charge in [-0.1, -0.05) is 211 Å². The third kappa shape index (κ3) is 36.9. The van der Waals surface area contributed by atoms with Gasteiger partial charge in [0, 0.05) is 0 Å². The Labute approximate surface area is 324 Å². The first kappa shape index (κ1) is 50.6. The summed E-state index contributed by atoms with van der Waals surface area (Å²) < 4.78 is 0. The van der Waals surface area contributed by atoms with Gasteiger partial charge in [-0.25, -0.2) is 0 Å². The molecule has 0 saturated carbocycles. The molecule has 0 aromatic heterocycles. The molecule has 0 aromatic carbocycles. The van der Waals surface area contributed by atoms with Crippen LogP contribution in [0.5, 0.6) is 0 Å². The van der Waals surface area contributed by atoms with Gasteiger partial charge >= 0.3 is 0 Å². The van der Waals surface area contributed by atoms with Crippen LogP contribution in [-0.2, 0) is 4.79 Å². The van der Waals surface area contributed by atoms with Crippen molar-refractivity contribution in [3.8, 4) is 0 Å². The van der Waals surface area contributed by atoms with E-state index < -0.39 is 24.2 Å². The maximum absolute atomic E-state index is 12.5. The first-order chi connectivity index (χ1) is 25.6. The lowest BCUT2D eigenvalue weighted by molar-refractivity contribution is -0.131. The van der Waals surface area contributed by atoms with Crippen molar-refractivity contribution in [2.24, 2.45) is 0 Å². The third-order valence-electron chi connectivity index (χ3n) is 10.5. The van der Waals surface area contributed by atoms with Gasteiger partial charge in [-0.2, -0.15) is 0 Å². The molecule has 1 amide bonds. The second kappa shape index (κ2) is 42.3. The average molecular weight is 732 g/mol. The highest BCUT2D eigenvalue weighted by atomic mass is 16.3. The molecule has 0 bridgehead atoms. The molecular weight excluding hydrogens is 643 g/mol. The van der Waals surface area contributed by atoms with Gasteiger partial charge in [0.2, 0.25) is 5.91 Å². The van der Waals surface area contributed by atoms with E-state index in [1.807, 2.05) is 6.08 Å². The van der Waals surface area contributed by atoms with Crippen molar-refractivity contribution in [2.75, 3.05) is 6.61 Å². The van der Waals surface area contributed by atoms with Crippen molar-refractivity contribution in [1.29, 1.82) is 0 Å². The van der Waals surface area contributed by atoms with Crippen molar-refractivity contribution in [3.63, 3.8) is 0 Å². The van der Waals surface area contributed by atoms with Crippen molar-refractivity contribution >= 4 is 5.91 Å². The number of aliphatic hydroxyl groups excluding tert-OH is 3. The molecule has 0 rings (SSSR count). The Kier molecular flexibility index (Phi) is 41.1. The van der Waals surface area contributed by atoms with Crippen LogP contribution in [0.25, 0.3) is 0 Å². The van der Waals surface area contributed by atoms with Crippen molar-refractivity contribution in [2.45, 2.75) is 250 Å². The highest BCUT2D eigenvalue weighted by molar-refractivity contribution is 5.80. The van der Waals surface area contributed by atoms with Crippen molar-refractivity contribution in [3.05, 3.63) is 36.5 Å². The zero-order valence-electron chi connectivity index (χ0n) is 34.7. The standard InChI is InChI=1S/C47H89NO4/c1-3-5-7-9-11-13-15-17-19-21-23-25-27-29-31-33-35-37-39-41-45(50)44(43-49)48-47(52)46(51)42-40-38-36-34-32-30-28-26-24-22-20-18-16-14-12-10-8-6-4-2/h24,26,31,33,39,41,44-46,49-51H,3-23,25,27-30,32,34-38,40,42-43H2,1-2H3,(H,48,52)/b26-24-,33-31+,41-39+. The number of hydrogen-bond donors (Lipinski definition) is 4. The summed E-state index contributed by atoms with van der Waals surface area (Å²) in [6.07, 6.45) is 53.2. The quantitative estimate of drug-likeness (QED) is 0.0372. The number of allylic oxidation sites excluding steroid dienone is 5. The lowest BCUT2D eigenvalue weighted by Crippen LogP contribution is -2.48. The highest BCUT2D eigenvalue weighted by Crippen LogP contribution is 2.15. The summed E-state index contributed by atoms with van der Waals surface area (Å²) in [5.41, 5.74) is 0. The van der Waals surface area contributed by atoms with Crippen LogP contribution in [0.1, 0.15) is 232 Å². The number of aliphatic hydroxyl groups is 3. The Hall–Kier alpha value is -1.43. The topological polar surface area (TPSA) is 89.8 Å². The van der Waals surface area contributed by atoms with Gasteiger partial charge in [0.05, 0.1) is 18.8 Å². The molecule has 3 atom stereocenters. The molecule has 4 N–H and O–H groups in total.